The number of thioether (sulfide) groups is 1. The molecule has 3 rings (SSSR count). The molecule has 0 radical (unpaired) electrons. The lowest BCUT2D eigenvalue weighted by Crippen LogP contribution is -2.44. The second kappa shape index (κ2) is 8.92. The summed E-state index contributed by atoms with van der Waals surface area (Å²) >= 11 is 0.802. The van der Waals surface area contributed by atoms with E-state index in [9.17, 15) is 19.2 Å². The summed E-state index contributed by atoms with van der Waals surface area (Å²) in [4.78, 5) is 50.9. The van der Waals surface area contributed by atoms with E-state index in [4.69, 9.17) is 10.5 Å². The van der Waals surface area contributed by atoms with Gasteiger partial charge in [-0.2, -0.15) is 0 Å². The molecule has 1 aromatic carbocycles. The van der Waals surface area contributed by atoms with E-state index in [2.05, 4.69) is 0 Å². The highest BCUT2D eigenvalue weighted by Crippen LogP contribution is 2.32. The molecule has 28 heavy (non-hydrogen) atoms. The Morgan fingerprint density at radius 3 is 2.64 bits per heavy atom. The van der Waals surface area contributed by atoms with Crippen molar-refractivity contribution in [2.75, 3.05) is 26.2 Å². The number of piperidine rings is 1. The highest BCUT2D eigenvalue weighted by atomic mass is 32.2. The Labute approximate surface area is 166 Å². The number of hydrogen-bond donors (Lipinski definition) is 1. The van der Waals surface area contributed by atoms with Crippen LogP contribution in [0.4, 0.5) is 4.79 Å². The van der Waals surface area contributed by atoms with E-state index in [0.717, 1.165) is 35.9 Å². The smallest absolute Gasteiger partial charge is 0.294 e. The van der Waals surface area contributed by atoms with Crippen molar-refractivity contribution in [3.05, 3.63) is 34.7 Å². The van der Waals surface area contributed by atoms with Gasteiger partial charge in [0.25, 0.3) is 17.1 Å². The van der Waals surface area contributed by atoms with Crippen molar-refractivity contribution in [2.24, 2.45) is 5.73 Å². The second-order valence-corrected chi connectivity index (χ2v) is 7.53. The maximum absolute atomic E-state index is 12.6. The molecule has 0 bridgehead atoms. The summed E-state index contributed by atoms with van der Waals surface area (Å²) in [6.07, 6.45) is 4.55. The third-order valence-corrected chi connectivity index (χ3v) is 5.32. The Balaban J connectivity index is 1.68. The molecule has 2 heterocycles. The van der Waals surface area contributed by atoms with E-state index in [1.165, 1.54) is 0 Å². The minimum atomic E-state index is -0.593. The molecule has 148 valence electrons. The lowest BCUT2D eigenvalue weighted by molar-refractivity contribution is -0.136. The van der Waals surface area contributed by atoms with Gasteiger partial charge in [-0.15, -0.1) is 0 Å². The Kier molecular flexibility index (Phi) is 6.35. The summed E-state index contributed by atoms with van der Waals surface area (Å²) in [6, 6.07) is 6.73. The lowest BCUT2D eigenvalue weighted by Gasteiger charge is -2.27. The van der Waals surface area contributed by atoms with E-state index >= 15 is 0 Å². The largest absolute Gasteiger partial charge is 0.484 e. The number of primary amides is 1. The average molecular weight is 403 g/mol. The molecule has 0 aliphatic carbocycles. The van der Waals surface area contributed by atoms with Gasteiger partial charge in [0.2, 0.25) is 5.91 Å². The van der Waals surface area contributed by atoms with E-state index in [-0.39, 0.29) is 24.0 Å². The van der Waals surface area contributed by atoms with E-state index in [1.807, 2.05) is 0 Å². The fourth-order valence-electron chi connectivity index (χ4n) is 3.01. The summed E-state index contributed by atoms with van der Waals surface area (Å²) in [5, 5.41) is -0.456. The van der Waals surface area contributed by atoms with Crippen LogP contribution in [0.5, 0.6) is 5.75 Å². The maximum Gasteiger partial charge on any atom is 0.294 e. The fourth-order valence-corrected chi connectivity index (χ4v) is 3.85. The van der Waals surface area contributed by atoms with Crippen LogP contribution in [0.25, 0.3) is 6.08 Å². The average Bonchev–Trinajstić information content (AvgIpc) is 2.94. The number of likely N-dealkylation sites (tertiary alicyclic amines) is 1. The van der Waals surface area contributed by atoms with Crippen molar-refractivity contribution in [3.8, 4) is 5.75 Å². The molecule has 2 aliphatic rings. The third kappa shape index (κ3) is 4.92. The highest BCUT2D eigenvalue weighted by Gasteiger charge is 2.37. The summed E-state index contributed by atoms with van der Waals surface area (Å²) in [5.41, 5.74) is 5.69. The van der Waals surface area contributed by atoms with Crippen molar-refractivity contribution in [3.63, 3.8) is 0 Å². The van der Waals surface area contributed by atoms with Crippen LogP contribution in [-0.4, -0.2) is 59.0 Å². The normalized spacial score (nSPS) is 18.6. The first-order valence-corrected chi connectivity index (χ1v) is 9.80. The first kappa shape index (κ1) is 19.9. The number of nitrogens with two attached hydrogens (primary N) is 1. The molecular formula is C19H21N3O5S. The predicted molar refractivity (Wildman–Crippen MR) is 104 cm³/mol. The molecule has 0 atom stereocenters. The number of imide groups is 1. The maximum atomic E-state index is 12.6. The van der Waals surface area contributed by atoms with Crippen molar-refractivity contribution < 1.29 is 23.9 Å². The van der Waals surface area contributed by atoms with Crippen LogP contribution < -0.4 is 10.5 Å². The van der Waals surface area contributed by atoms with Crippen LogP contribution in [0.3, 0.4) is 0 Å². The monoisotopic (exact) mass is 403 g/mol. The molecule has 1 aromatic rings. The minimum absolute atomic E-state index is 0.204. The Morgan fingerprint density at radius 1 is 1.18 bits per heavy atom. The quantitative estimate of drug-likeness (QED) is 0.723. The van der Waals surface area contributed by atoms with Crippen LogP contribution in [0.1, 0.15) is 24.8 Å². The zero-order valence-electron chi connectivity index (χ0n) is 15.3. The Hall–Kier alpha value is -2.81. The molecule has 0 unspecified atom stereocenters. The van der Waals surface area contributed by atoms with Gasteiger partial charge in [0.1, 0.15) is 12.3 Å². The molecule has 2 fully saturated rings. The van der Waals surface area contributed by atoms with Gasteiger partial charge in [-0.3, -0.25) is 24.1 Å². The van der Waals surface area contributed by atoms with Gasteiger partial charge in [0, 0.05) is 13.1 Å². The topological polar surface area (TPSA) is 110 Å². The molecule has 0 saturated carbocycles. The first-order chi connectivity index (χ1) is 13.4. The zero-order chi connectivity index (χ0) is 20.1. The van der Waals surface area contributed by atoms with Crippen LogP contribution in [0, 0.1) is 0 Å². The molecule has 0 spiro atoms. The number of nitrogens with zero attached hydrogens (tertiary/aromatic N) is 2. The number of carbonyl (C=O) groups is 4. The highest BCUT2D eigenvalue weighted by molar-refractivity contribution is 8.18. The van der Waals surface area contributed by atoms with Crippen LogP contribution in [0.15, 0.2) is 29.2 Å². The molecule has 8 nitrogen and oxygen atoms in total. The van der Waals surface area contributed by atoms with Gasteiger partial charge in [-0.05, 0) is 54.8 Å². The Morgan fingerprint density at radius 2 is 1.93 bits per heavy atom. The van der Waals surface area contributed by atoms with Crippen molar-refractivity contribution in [2.45, 2.75) is 19.3 Å². The summed E-state index contributed by atoms with van der Waals surface area (Å²) in [5.74, 6) is -0.856. The number of carbonyl (C=O) groups excluding carboxylic acids is 4. The molecule has 2 aliphatic heterocycles. The molecule has 4 amide bonds. The van der Waals surface area contributed by atoms with Crippen molar-refractivity contribution in [1.29, 1.82) is 0 Å². The summed E-state index contributed by atoms with van der Waals surface area (Å²) in [7, 11) is 0. The van der Waals surface area contributed by atoms with Gasteiger partial charge in [0.15, 0.2) is 6.61 Å². The molecule has 2 saturated heterocycles. The lowest BCUT2D eigenvalue weighted by atomic mass is 10.1. The van der Waals surface area contributed by atoms with Crippen LogP contribution in [-0.2, 0) is 14.4 Å². The number of ether oxygens (including phenoxy) is 1. The molecule has 0 aromatic heterocycles. The SMILES string of the molecule is NC(=O)COc1cccc(/C=C2\SC(=O)N(CC(=O)N3CCCCC3)C2=O)c1. The second-order valence-electron chi connectivity index (χ2n) is 6.54. The molecule has 2 N–H and O–H groups in total. The third-order valence-electron chi connectivity index (χ3n) is 4.41. The van der Waals surface area contributed by atoms with Crippen LogP contribution in [0.2, 0.25) is 0 Å². The number of benzene rings is 1. The van der Waals surface area contributed by atoms with Gasteiger partial charge in [0.05, 0.1) is 4.91 Å². The number of hydrogen-bond acceptors (Lipinski definition) is 6. The Bertz CT molecular complexity index is 833. The van der Waals surface area contributed by atoms with E-state index in [0.29, 0.717) is 24.4 Å². The minimum Gasteiger partial charge on any atom is -0.484 e. The summed E-state index contributed by atoms with van der Waals surface area (Å²) < 4.78 is 5.24. The van der Waals surface area contributed by atoms with Crippen molar-refractivity contribution in [1.82, 2.24) is 9.80 Å². The summed E-state index contributed by atoms with van der Waals surface area (Å²) in [6.45, 7) is 0.855. The van der Waals surface area contributed by atoms with Gasteiger partial charge in [-0.1, -0.05) is 12.1 Å². The zero-order valence-corrected chi connectivity index (χ0v) is 16.1. The van der Waals surface area contributed by atoms with Crippen LogP contribution >= 0.6 is 11.8 Å². The first-order valence-electron chi connectivity index (χ1n) is 8.98. The molecule has 9 heteroatoms. The van der Waals surface area contributed by atoms with Gasteiger partial charge >= 0.3 is 0 Å². The van der Waals surface area contributed by atoms with Gasteiger partial charge < -0.3 is 15.4 Å². The molecular weight excluding hydrogens is 382 g/mol. The van der Waals surface area contributed by atoms with E-state index < -0.39 is 17.1 Å². The van der Waals surface area contributed by atoms with Crippen molar-refractivity contribution >= 4 is 40.8 Å². The standard InChI is InChI=1S/C19H21N3O5S/c20-16(23)12-27-14-6-4-5-13(9-14)10-15-18(25)22(19(26)28-15)11-17(24)21-7-2-1-3-8-21/h4-6,9-10H,1-3,7-8,11-12H2,(H2,20,23)/b15-10-. The predicted octanol–water partition coefficient (Wildman–Crippen LogP) is 1.60. The number of amides is 4. The van der Waals surface area contributed by atoms with E-state index in [1.54, 1.807) is 35.2 Å². The fraction of sp³-hybridized carbons (Fsp3) is 0.368. The van der Waals surface area contributed by atoms with Gasteiger partial charge in [-0.25, -0.2) is 0 Å². The number of rotatable bonds is 6.